The second-order valence-corrected chi connectivity index (χ2v) is 7.93. The third-order valence-corrected chi connectivity index (χ3v) is 6.12. The average molecular weight is 337 g/mol. The highest BCUT2D eigenvalue weighted by atomic mass is 32.1. The number of rotatable bonds is 3. The standard InChI is InChI=1S/C17H27N3O2S/c1-11(2)14-6-5-12(3)8-17(14)19(4)16(21)15-7-13(9-18-10-23)22-20(15)17/h11-15H,5-9H2,1-4H3/t12-,13+,14+,15+,17+/m1/s1. The van der Waals surface area contributed by atoms with Crippen molar-refractivity contribution in [1.82, 2.24) is 9.96 Å². The van der Waals surface area contributed by atoms with E-state index < -0.39 is 0 Å². The van der Waals surface area contributed by atoms with Crippen LogP contribution >= 0.6 is 12.2 Å². The number of thiocarbonyl (C=S) groups is 1. The van der Waals surface area contributed by atoms with Gasteiger partial charge in [-0.1, -0.05) is 27.2 Å². The molecule has 3 aliphatic rings. The summed E-state index contributed by atoms with van der Waals surface area (Å²) in [7, 11) is 1.96. The molecule has 0 unspecified atom stereocenters. The van der Waals surface area contributed by atoms with Gasteiger partial charge in [0.05, 0.1) is 11.7 Å². The zero-order chi connectivity index (χ0) is 16.8. The van der Waals surface area contributed by atoms with E-state index in [-0.39, 0.29) is 23.7 Å². The number of likely N-dealkylation sites (N-methyl/N-ethyl adjacent to an activating group) is 1. The van der Waals surface area contributed by atoms with Crippen molar-refractivity contribution in [2.75, 3.05) is 13.6 Å². The number of hydrogen-bond donors (Lipinski definition) is 0. The number of aliphatic imine (C=N–C) groups is 1. The monoisotopic (exact) mass is 337 g/mol. The van der Waals surface area contributed by atoms with Crippen LogP contribution in [0, 0.1) is 17.8 Å². The van der Waals surface area contributed by atoms with E-state index >= 15 is 0 Å². The highest BCUT2D eigenvalue weighted by molar-refractivity contribution is 7.78. The van der Waals surface area contributed by atoms with E-state index in [0.29, 0.717) is 30.7 Å². The molecular formula is C17H27N3O2S. The van der Waals surface area contributed by atoms with E-state index in [1.165, 1.54) is 6.42 Å². The lowest BCUT2D eigenvalue weighted by atomic mass is 9.69. The molecule has 128 valence electrons. The minimum Gasteiger partial charge on any atom is -0.323 e. The van der Waals surface area contributed by atoms with Gasteiger partial charge in [-0.3, -0.25) is 9.63 Å². The van der Waals surface area contributed by atoms with Crippen molar-refractivity contribution in [3.63, 3.8) is 0 Å². The van der Waals surface area contributed by atoms with Gasteiger partial charge in [-0.05, 0) is 36.9 Å². The van der Waals surface area contributed by atoms with Gasteiger partial charge in [0.2, 0.25) is 5.91 Å². The minimum atomic E-state index is -0.302. The molecule has 23 heavy (non-hydrogen) atoms. The predicted octanol–water partition coefficient (Wildman–Crippen LogP) is 2.72. The molecular weight excluding hydrogens is 310 g/mol. The fourth-order valence-corrected chi connectivity index (χ4v) is 5.04. The van der Waals surface area contributed by atoms with Gasteiger partial charge in [0.25, 0.3) is 0 Å². The van der Waals surface area contributed by atoms with Crippen LogP contribution in [0.1, 0.15) is 46.5 Å². The SMILES string of the molecule is CC(C)[C@@H]1CC[C@@H](C)C[C@@]12N(C)C(=O)[C@@H]1C[C@@H](CN=C=S)ON12. The van der Waals surface area contributed by atoms with E-state index in [4.69, 9.17) is 4.84 Å². The number of hydrogen-bond acceptors (Lipinski definition) is 5. The van der Waals surface area contributed by atoms with Gasteiger partial charge in [0, 0.05) is 19.4 Å². The molecule has 3 fully saturated rings. The predicted molar refractivity (Wildman–Crippen MR) is 91.9 cm³/mol. The molecule has 3 rings (SSSR count). The third-order valence-electron chi connectivity index (χ3n) is 5.99. The number of carbonyl (C=O) groups excluding carboxylic acids is 1. The van der Waals surface area contributed by atoms with Crippen molar-refractivity contribution in [3.05, 3.63) is 0 Å². The summed E-state index contributed by atoms with van der Waals surface area (Å²) in [6.45, 7) is 7.30. The maximum atomic E-state index is 12.9. The molecule has 1 saturated carbocycles. The summed E-state index contributed by atoms with van der Waals surface area (Å²) in [4.78, 5) is 25.1. The Balaban J connectivity index is 1.95. The fourth-order valence-electron chi connectivity index (χ4n) is 4.96. The molecule has 2 aliphatic heterocycles. The first-order valence-electron chi connectivity index (χ1n) is 8.69. The molecule has 1 amide bonds. The summed E-state index contributed by atoms with van der Waals surface area (Å²) in [6.07, 6.45) is 3.99. The summed E-state index contributed by atoms with van der Waals surface area (Å²) in [5, 5.41) is 4.44. The Kier molecular flexibility index (Phi) is 4.62. The van der Waals surface area contributed by atoms with E-state index in [1.807, 2.05) is 17.0 Å². The van der Waals surface area contributed by atoms with Gasteiger partial charge >= 0.3 is 0 Å². The molecule has 0 N–H and O–H groups in total. The minimum absolute atomic E-state index is 0.0602. The van der Waals surface area contributed by atoms with Gasteiger partial charge < -0.3 is 4.90 Å². The number of isothiocyanates is 1. The van der Waals surface area contributed by atoms with Gasteiger partial charge in [0.1, 0.15) is 17.8 Å². The Morgan fingerprint density at radius 1 is 1.48 bits per heavy atom. The molecule has 0 bridgehead atoms. The zero-order valence-corrected chi connectivity index (χ0v) is 15.3. The highest BCUT2D eigenvalue weighted by Gasteiger charge is 2.64. The normalized spacial score (nSPS) is 40.7. The summed E-state index contributed by atoms with van der Waals surface area (Å²) < 4.78 is 0. The van der Waals surface area contributed by atoms with Crippen LogP contribution in [0.4, 0.5) is 0 Å². The molecule has 0 aromatic heterocycles. The van der Waals surface area contributed by atoms with Crippen molar-refractivity contribution in [2.45, 2.75) is 64.3 Å². The largest absolute Gasteiger partial charge is 0.323 e. The molecule has 0 aromatic rings. The van der Waals surface area contributed by atoms with Crippen molar-refractivity contribution >= 4 is 23.3 Å². The smallest absolute Gasteiger partial charge is 0.243 e. The number of carbonyl (C=O) groups is 1. The van der Waals surface area contributed by atoms with Crippen LogP contribution in [0.15, 0.2) is 4.99 Å². The van der Waals surface area contributed by atoms with Crippen LogP contribution in [-0.4, -0.2) is 52.4 Å². The topological polar surface area (TPSA) is 45.1 Å². The highest BCUT2D eigenvalue weighted by Crippen LogP contribution is 2.52. The number of fused-ring (bicyclic) bond motifs is 2. The molecule has 5 nitrogen and oxygen atoms in total. The molecule has 5 atom stereocenters. The zero-order valence-electron chi connectivity index (χ0n) is 14.5. The van der Waals surface area contributed by atoms with E-state index in [0.717, 1.165) is 12.8 Å². The van der Waals surface area contributed by atoms with Crippen molar-refractivity contribution in [2.24, 2.45) is 22.7 Å². The number of nitrogens with zero attached hydrogens (tertiary/aromatic N) is 3. The van der Waals surface area contributed by atoms with Gasteiger partial charge in [-0.15, -0.1) is 0 Å². The first-order chi connectivity index (χ1) is 10.9. The van der Waals surface area contributed by atoms with Crippen LogP contribution in [-0.2, 0) is 9.63 Å². The van der Waals surface area contributed by atoms with E-state index in [9.17, 15) is 4.79 Å². The number of amides is 1. The maximum absolute atomic E-state index is 12.9. The van der Waals surface area contributed by atoms with Crippen LogP contribution < -0.4 is 0 Å². The lowest BCUT2D eigenvalue weighted by Crippen LogP contribution is -2.61. The molecule has 6 heteroatoms. The first kappa shape index (κ1) is 17.0. The van der Waals surface area contributed by atoms with Crippen LogP contribution in [0.3, 0.4) is 0 Å². The summed E-state index contributed by atoms with van der Waals surface area (Å²) in [5.41, 5.74) is -0.302. The average Bonchev–Trinajstić information content (AvgIpc) is 3.01. The van der Waals surface area contributed by atoms with Crippen LogP contribution in [0.5, 0.6) is 0 Å². The van der Waals surface area contributed by atoms with Gasteiger partial charge in [-0.25, -0.2) is 4.99 Å². The maximum Gasteiger partial charge on any atom is 0.243 e. The second kappa shape index (κ2) is 6.25. The first-order valence-corrected chi connectivity index (χ1v) is 9.10. The van der Waals surface area contributed by atoms with Gasteiger partial charge in [0.15, 0.2) is 0 Å². The quantitative estimate of drug-likeness (QED) is 0.587. The molecule has 1 spiro atoms. The Morgan fingerprint density at radius 3 is 2.87 bits per heavy atom. The van der Waals surface area contributed by atoms with Crippen LogP contribution in [0.25, 0.3) is 0 Å². The third kappa shape index (κ3) is 2.56. The van der Waals surface area contributed by atoms with Crippen molar-refractivity contribution < 1.29 is 9.63 Å². The Hall–Kier alpha value is -0.810. The fraction of sp³-hybridized carbons (Fsp3) is 0.882. The van der Waals surface area contributed by atoms with Crippen LogP contribution in [0.2, 0.25) is 0 Å². The molecule has 2 heterocycles. The lowest BCUT2D eigenvalue weighted by Gasteiger charge is -2.52. The van der Waals surface area contributed by atoms with Crippen molar-refractivity contribution in [3.8, 4) is 0 Å². The lowest BCUT2D eigenvalue weighted by molar-refractivity contribution is -0.262. The Morgan fingerprint density at radius 2 is 2.22 bits per heavy atom. The molecule has 0 radical (unpaired) electrons. The van der Waals surface area contributed by atoms with E-state index in [2.05, 4.69) is 43.1 Å². The summed E-state index contributed by atoms with van der Waals surface area (Å²) in [6, 6.07) is -0.170. The molecule has 1 aliphatic carbocycles. The van der Waals surface area contributed by atoms with Crippen molar-refractivity contribution in [1.29, 1.82) is 0 Å². The number of hydroxylamine groups is 2. The Bertz CT molecular complexity index is 534. The summed E-state index contributed by atoms with van der Waals surface area (Å²) >= 11 is 4.66. The summed E-state index contributed by atoms with van der Waals surface area (Å²) in [5.74, 6) is 1.74. The molecule has 0 aromatic carbocycles. The van der Waals surface area contributed by atoms with E-state index in [1.54, 1.807) is 0 Å². The Labute approximate surface area is 144 Å². The second-order valence-electron chi connectivity index (χ2n) is 7.75. The van der Waals surface area contributed by atoms with Gasteiger partial charge in [-0.2, -0.15) is 5.06 Å². The molecule has 2 saturated heterocycles.